The average Bonchev–Trinajstić information content (AvgIpc) is 4.10. The summed E-state index contributed by atoms with van der Waals surface area (Å²) in [6.07, 6.45) is 6.28. The van der Waals surface area contributed by atoms with Crippen LogP contribution >= 0.6 is 0 Å². The summed E-state index contributed by atoms with van der Waals surface area (Å²) in [6.45, 7) is 10.8. The van der Waals surface area contributed by atoms with Crippen molar-refractivity contribution in [2.45, 2.75) is 26.2 Å². The van der Waals surface area contributed by atoms with Gasteiger partial charge in [-0.15, -0.1) is 0 Å². The van der Waals surface area contributed by atoms with Gasteiger partial charge in [0.05, 0.1) is 16.7 Å². The number of fused-ring (bicyclic) bond motifs is 10. The summed E-state index contributed by atoms with van der Waals surface area (Å²) in [7, 11) is 0. The van der Waals surface area contributed by atoms with Crippen molar-refractivity contribution in [3.8, 4) is 51.0 Å². The van der Waals surface area contributed by atoms with Crippen LogP contribution in [0.1, 0.15) is 31.9 Å². The van der Waals surface area contributed by atoms with Gasteiger partial charge >= 0.3 is 0 Å². The average molecular weight is 863 g/mol. The minimum atomic E-state index is -0.238. The van der Waals surface area contributed by atoms with Crippen molar-refractivity contribution >= 4 is 71.3 Å². The van der Waals surface area contributed by atoms with E-state index in [2.05, 4.69) is 165 Å². The highest BCUT2D eigenvalue weighted by atomic mass is 16.3. The zero-order valence-electron chi connectivity index (χ0n) is 37.2. The van der Waals surface area contributed by atoms with E-state index in [0.29, 0.717) is 17.5 Å². The third-order valence-corrected chi connectivity index (χ3v) is 13.8. The van der Waals surface area contributed by atoms with Crippen molar-refractivity contribution in [1.82, 2.24) is 19.5 Å². The number of aromatic nitrogens is 4. The van der Waals surface area contributed by atoms with E-state index in [1.165, 1.54) is 27.5 Å². The number of para-hydroxylation sites is 3. The normalized spacial score (nSPS) is 13.7. The molecule has 0 bridgehead atoms. The summed E-state index contributed by atoms with van der Waals surface area (Å²) < 4.78 is 15.9. The Morgan fingerprint density at radius 3 is 1.91 bits per heavy atom. The second-order valence-electron chi connectivity index (χ2n) is 17.9. The van der Waals surface area contributed by atoms with E-state index in [1.54, 1.807) is 0 Å². The zero-order valence-corrected chi connectivity index (χ0v) is 37.2. The van der Waals surface area contributed by atoms with Gasteiger partial charge in [0.15, 0.2) is 23.1 Å². The molecule has 4 aromatic heterocycles. The number of rotatable bonds is 7. The van der Waals surface area contributed by atoms with E-state index in [-0.39, 0.29) is 5.41 Å². The quantitative estimate of drug-likeness (QED) is 0.160. The molecule has 318 valence electrons. The highest BCUT2D eigenvalue weighted by Gasteiger charge is 2.36. The largest absolute Gasteiger partial charge is 0.456 e. The molecule has 0 fully saturated rings. The Morgan fingerprint density at radius 1 is 0.507 bits per heavy atom. The van der Waals surface area contributed by atoms with E-state index >= 15 is 0 Å². The van der Waals surface area contributed by atoms with E-state index < -0.39 is 0 Å². The van der Waals surface area contributed by atoms with Crippen molar-refractivity contribution in [1.29, 1.82) is 0 Å². The molecule has 0 aliphatic heterocycles. The smallest absolute Gasteiger partial charge is 0.164 e. The number of nitrogens with zero attached hydrogens (tertiary/aromatic N) is 4. The maximum absolute atomic E-state index is 6.87. The molecule has 1 aliphatic rings. The van der Waals surface area contributed by atoms with Crippen LogP contribution in [0.3, 0.4) is 0 Å². The molecule has 13 rings (SSSR count). The molecule has 0 unspecified atom stereocenters. The molecule has 4 heterocycles. The van der Waals surface area contributed by atoms with Gasteiger partial charge in [0.1, 0.15) is 16.7 Å². The molecule has 8 aromatic carbocycles. The lowest BCUT2D eigenvalue weighted by Crippen LogP contribution is -2.16. The number of hydrogen-bond acceptors (Lipinski definition) is 5. The van der Waals surface area contributed by atoms with Crippen LogP contribution in [-0.4, -0.2) is 19.5 Å². The van der Waals surface area contributed by atoms with Crippen molar-refractivity contribution in [3.05, 3.63) is 211 Å². The van der Waals surface area contributed by atoms with Crippen molar-refractivity contribution < 1.29 is 8.83 Å². The molecule has 1 aliphatic carbocycles. The van der Waals surface area contributed by atoms with Gasteiger partial charge < -0.3 is 13.4 Å². The van der Waals surface area contributed by atoms with Crippen LogP contribution < -0.4 is 0 Å². The maximum atomic E-state index is 6.87. The van der Waals surface area contributed by atoms with Crippen molar-refractivity contribution in [2.75, 3.05) is 0 Å². The molecule has 0 spiro atoms. The van der Waals surface area contributed by atoms with Gasteiger partial charge in [-0.25, -0.2) is 15.0 Å². The fourth-order valence-corrected chi connectivity index (χ4v) is 10.7. The van der Waals surface area contributed by atoms with Gasteiger partial charge in [0.25, 0.3) is 0 Å². The number of hydrogen-bond donors (Lipinski definition) is 0. The summed E-state index contributed by atoms with van der Waals surface area (Å²) in [6, 6.07) is 59.3. The lowest BCUT2D eigenvalue weighted by molar-refractivity contribution is 0.654. The van der Waals surface area contributed by atoms with Gasteiger partial charge in [-0.1, -0.05) is 160 Å². The fraction of sp³-hybridized carbons (Fsp3) is 0.0656. The zero-order chi connectivity index (χ0) is 45.0. The molecule has 6 nitrogen and oxygen atoms in total. The molecule has 67 heavy (non-hydrogen) atoms. The van der Waals surface area contributed by atoms with E-state index in [4.69, 9.17) is 23.8 Å². The highest BCUT2D eigenvalue weighted by Crippen LogP contribution is 2.49. The molecule has 0 N–H and O–H groups in total. The Morgan fingerprint density at radius 2 is 1.15 bits per heavy atom. The van der Waals surface area contributed by atoms with Crippen LogP contribution in [0.25, 0.3) is 122 Å². The Kier molecular flexibility index (Phi) is 8.52. The maximum Gasteiger partial charge on any atom is 0.164 e. The summed E-state index contributed by atoms with van der Waals surface area (Å²) in [4.78, 5) is 15.7. The minimum Gasteiger partial charge on any atom is -0.456 e. The van der Waals surface area contributed by atoms with E-state index in [0.717, 1.165) is 94.0 Å². The molecule has 0 saturated carbocycles. The summed E-state index contributed by atoms with van der Waals surface area (Å²) in [5, 5.41) is 6.44. The Bertz CT molecular complexity index is 4050. The molecule has 12 aromatic rings. The Labute approximate surface area is 386 Å². The molecular formula is C61H42N4O2. The first-order valence-corrected chi connectivity index (χ1v) is 22.7. The predicted octanol–water partition coefficient (Wildman–Crippen LogP) is 16.2. The van der Waals surface area contributed by atoms with Gasteiger partial charge in [-0.2, -0.15) is 0 Å². The topological polar surface area (TPSA) is 69.9 Å². The monoisotopic (exact) mass is 862 g/mol. The van der Waals surface area contributed by atoms with Gasteiger partial charge in [0, 0.05) is 54.4 Å². The molecule has 0 amide bonds. The summed E-state index contributed by atoms with van der Waals surface area (Å²) in [5.41, 5.74) is 15.8. The minimum absolute atomic E-state index is 0.238. The van der Waals surface area contributed by atoms with Gasteiger partial charge in [0.2, 0.25) is 0 Å². The highest BCUT2D eigenvalue weighted by molar-refractivity contribution is 6.18. The Balaban J connectivity index is 1.01. The van der Waals surface area contributed by atoms with Crippen LogP contribution in [0.2, 0.25) is 0 Å². The number of benzene rings is 8. The molecule has 6 heteroatoms. The van der Waals surface area contributed by atoms with Gasteiger partial charge in [-0.3, -0.25) is 0 Å². The van der Waals surface area contributed by atoms with Crippen molar-refractivity contribution in [2.24, 2.45) is 0 Å². The molecular weight excluding hydrogens is 821 g/mol. The first kappa shape index (κ1) is 38.8. The molecule has 0 radical (unpaired) electrons. The van der Waals surface area contributed by atoms with E-state index in [9.17, 15) is 0 Å². The number of furan rings is 2. The lowest BCUT2D eigenvalue weighted by atomic mass is 9.80. The third-order valence-electron chi connectivity index (χ3n) is 13.8. The Hall–Kier alpha value is -8.61. The van der Waals surface area contributed by atoms with E-state index in [1.807, 2.05) is 54.6 Å². The third kappa shape index (κ3) is 5.79. The second-order valence-corrected chi connectivity index (χ2v) is 17.9. The van der Waals surface area contributed by atoms with Crippen LogP contribution in [0.15, 0.2) is 209 Å². The SMILES string of the molecule is C=CC1=C(/C=C\C)C(C)(C)c2cc(-c3nc(-c4ccccc4)nc(-c4cccc5oc6ccc(-c7ccc(-n8c9ccccc9c9ccccc98)c8oc9ccccc9c78)cc6c45)n3)ccc21. The predicted molar refractivity (Wildman–Crippen MR) is 275 cm³/mol. The van der Waals surface area contributed by atoms with Gasteiger partial charge in [-0.05, 0) is 88.9 Å². The first-order valence-electron chi connectivity index (χ1n) is 22.7. The van der Waals surface area contributed by atoms with Crippen LogP contribution in [0.4, 0.5) is 0 Å². The van der Waals surface area contributed by atoms with Crippen LogP contribution in [0.5, 0.6) is 0 Å². The first-order chi connectivity index (χ1) is 32.9. The van der Waals surface area contributed by atoms with Crippen molar-refractivity contribution in [3.63, 3.8) is 0 Å². The summed E-state index contributed by atoms with van der Waals surface area (Å²) >= 11 is 0. The van der Waals surface area contributed by atoms with Crippen LogP contribution in [-0.2, 0) is 5.41 Å². The molecule has 0 saturated heterocycles. The fourth-order valence-electron chi connectivity index (χ4n) is 10.7. The van der Waals surface area contributed by atoms with Crippen LogP contribution in [0, 0.1) is 0 Å². The lowest BCUT2D eigenvalue weighted by Gasteiger charge is -2.23. The molecule has 0 atom stereocenters. The second kappa shape index (κ2) is 14.7. The summed E-state index contributed by atoms with van der Waals surface area (Å²) in [5.74, 6) is 1.77. The number of allylic oxidation sites excluding steroid dienone is 5. The standard InChI is InChI=1S/C61H42N4O2/c1-5-17-47-39(6-2)41-30-28-38(35-48(41)61(47,3)4)59-62-58(36-18-8-7-9-19-36)63-60(64-59)45-23-16-27-54-55(45)46-34-37(29-33-53(46)66-54)40-31-32-51(57-56(40)44-22-12-15-26-52(44)67-57)65-49-24-13-10-20-42(49)43-21-11-14-25-50(43)65/h5-35H,2H2,1,3-4H3/b17-5-.